The van der Waals surface area contributed by atoms with Crippen LogP contribution >= 0.6 is 0 Å². The van der Waals surface area contributed by atoms with Crippen molar-refractivity contribution in [2.75, 3.05) is 45.9 Å². The first-order valence-electron chi connectivity index (χ1n) is 8.49. The van der Waals surface area contributed by atoms with E-state index in [1.807, 2.05) is 0 Å². The molecule has 2 saturated heterocycles. The van der Waals surface area contributed by atoms with Crippen LogP contribution in [0.15, 0.2) is 0 Å². The summed E-state index contributed by atoms with van der Waals surface area (Å²) in [4.78, 5) is 5.14. The molecule has 0 spiro atoms. The molecule has 118 valence electrons. The van der Waals surface area contributed by atoms with Gasteiger partial charge in [-0.3, -0.25) is 4.90 Å². The van der Waals surface area contributed by atoms with Crippen LogP contribution in [0.5, 0.6) is 0 Å². The fourth-order valence-corrected chi connectivity index (χ4v) is 3.73. The summed E-state index contributed by atoms with van der Waals surface area (Å²) in [5, 5.41) is 12.9. The van der Waals surface area contributed by atoms with Crippen molar-refractivity contribution < 1.29 is 5.11 Å². The highest BCUT2D eigenvalue weighted by atomic mass is 16.3. The molecule has 4 nitrogen and oxygen atoms in total. The van der Waals surface area contributed by atoms with Gasteiger partial charge in [-0.1, -0.05) is 13.8 Å². The minimum absolute atomic E-state index is 0.291. The number of aliphatic hydroxyl groups is 1. The molecular weight excluding hydrogens is 250 g/mol. The predicted molar refractivity (Wildman–Crippen MR) is 84.0 cm³/mol. The second-order valence-corrected chi connectivity index (χ2v) is 6.94. The van der Waals surface area contributed by atoms with Crippen LogP contribution in [0, 0.1) is 5.92 Å². The number of aliphatic hydroxyl groups excluding tert-OH is 1. The van der Waals surface area contributed by atoms with Crippen LogP contribution in [-0.2, 0) is 0 Å². The number of hydrogen-bond acceptors (Lipinski definition) is 4. The molecule has 2 fully saturated rings. The van der Waals surface area contributed by atoms with Gasteiger partial charge < -0.3 is 15.3 Å². The third-order valence-corrected chi connectivity index (χ3v) is 4.70. The molecule has 20 heavy (non-hydrogen) atoms. The second-order valence-electron chi connectivity index (χ2n) is 6.94. The summed E-state index contributed by atoms with van der Waals surface area (Å²) in [6, 6.07) is 1.32. The lowest BCUT2D eigenvalue weighted by Gasteiger charge is -2.39. The molecular formula is C16H33N3O. The van der Waals surface area contributed by atoms with Gasteiger partial charge in [0.1, 0.15) is 0 Å². The van der Waals surface area contributed by atoms with E-state index in [-0.39, 0.29) is 0 Å². The molecule has 2 aliphatic heterocycles. The molecule has 0 aliphatic carbocycles. The molecule has 0 bridgehead atoms. The third kappa shape index (κ3) is 4.99. The third-order valence-electron chi connectivity index (χ3n) is 4.70. The molecule has 2 aliphatic rings. The van der Waals surface area contributed by atoms with Gasteiger partial charge >= 0.3 is 0 Å². The summed E-state index contributed by atoms with van der Waals surface area (Å²) >= 11 is 0. The Morgan fingerprint density at radius 1 is 1.25 bits per heavy atom. The lowest BCUT2D eigenvalue weighted by atomic mass is 10.0. The molecule has 1 unspecified atom stereocenters. The van der Waals surface area contributed by atoms with E-state index < -0.39 is 0 Å². The summed E-state index contributed by atoms with van der Waals surface area (Å²) in [7, 11) is 0. The normalized spacial score (nSPS) is 25.9. The first-order chi connectivity index (χ1) is 9.69. The maximum absolute atomic E-state index is 9.34. The quantitative estimate of drug-likeness (QED) is 0.735. The van der Waals surface area contributed by atoms with Crippen LogP contribution in [0.3, 0.4) is 0 Å². The summed E-state index contributed by atoms with van der Waals surface area (Å²) < 4.78 is 0. The monoisotopic (exact) mass is 283 g/mol. The largest absolute Gasteiger partial charge is 0.395 e. The minimum Gasteiger partial charge on any atom is -0.395 e. The van der Waals surface area contributed by atoms with Gasteiger partial charge in [0.2, 0.25) is 0 Å². The van der Waals surface area contributed by atoms with Gasteiger partial charge in [-0.25, -0.2) is 0 Å². The van der Waals surface area contributed by atoms with E-state index in [2.05, 4.69) is 29.0 Å². The molecule has 2 N–H and O–H groups in total. The van der Waals surface area contributed by atoms with Crippen LogP contribution < -0.4 is 5.32 Å². The number of likely N-dealkylation sites (tertiary alicyclic amines) is 1. The van der Waals surface area contributed by atoms with Gasteiger partial charge in [0.25, 0.3) is 0 Å². The molecule has 0 aromatic carbocycles. The van der Waals surface area contributed by atoms with Gasteiger partial charge in [-0.2, -0.15) is 0 Å². The molecule has 4 heteroatoms. The van der Waals surface area contributed by atoms with Crippen LogP contribution in [0.1, 0.15) is 39.5 Å². The van der Waals surface area contributed by atoms with Crippen molar-refractivity contribution in [1.82, 2.24) is 15.1 Å². The fraction of sp³-hybridized carbons (Fsp3) is 1.00. The highest BCUT2D eigenvalue weighted by Gasteiger charge is 2.27. The smallest absolute Gasteiger partial charge is 0.0558 e. The highest BCUT2D eigenvalue weighted by Crippen LogP contribution is 2.19. The van der Waals surface area contributed by atoms with E-state index in [1.54, 1.807) is 0 Å². The lowest BCUT2D eigenvalue weighted by molar-refractivity contribution is 0.0805. The number of hydrogen-bond donors (Lipinski definition) is 2. The standard InChI is InChI=1S/C16H33N3O/c1-14(2)12-18-8-5-16(6-9-18)19(10-11-20)13-15-4-3-7-17-15/h14-17,20H,3-13H2,1-2H3. The van der Waals surface area contributed by atoms with Crippen molar-refractivity contribution >= 4 is 0 Å². The van der Waals surface area contributed by atoms with Crippen molar-refractivity contribution in [2.24, 2.45) is 5.92 Å². The van der Waals surface area contributed by atoms with Crippen molar-refractivity contribution in [1.29, 1.82) is 0 Å². The van der Waals surface area contributed by atoms with Crippen LogP contribution in [-0.4, -0.2) is 72.9 Å². The second kappa shape index (κ2) is 8.32. The first kappa shape index (κ1) is 16.2. The summed E-state index contributed by atoms with van der Waals surface area (Å²) in [6.45, 7) is 11.7. The van der Waals surface area contributed by atoms with E-state index in [1.165, 1.54) is 51.9 Å². The van der Waals surface area contributed by atoms with Crippen LogP contribution in [0.2, 0.25) is 0 Å². The van der Waals surface area contributed by atoms with Gasteiger partial charge in [-0.15, -0.1) is 0 Å². The molecule has 2 rings (SSSR count). The Labute approximate surface area is 124 Å². The van der Waals surface area contributed by atoms with E-state index in [4.69, 9.17) is 0 Å². The molecule has 0 amide bonds. The zero-order valence-electron chi connectivity index (χ0n) is 13.4. The zero-order chi connectivity index (χ0) is 14.4. The number of rotatable bonds is 7. The topological polar surface area (TPSA) is 38.7 Å². The number of piperidine rings is 1. The summed E-state index contributed by atoms with van der Waals surface area (Å²) in [5.74, 6) is 0.766. The predicted octanol–water partition coefficient (Wildman–Crippen LogP) is 1.15. The molecule has 0 saturated carbocycles. The maximum atomic E-state index is 9.34. The van der Waals surface area contributed by atoms with Gasteiger partial charge in [0.05, 0.1) is 6.61 Å². The average Bonchev–Trinajstić information content (AvgIpc) is 2.91. The average molecular weight is 283 g/mol. The Balaban J connectivity index is 1.78. The maximum Gasteiger partial charge on any atom is 0.0558 e. The molecule has 0 aromatic rings. The molecule has 0 radical (unpaired) electrons. The Kier molecular flexibility index (Phi) is 6.75. The Bertz CT molecular complexity index is 258. The number of nitrogens with zero attached hydrogens (tertiary/aromatic N) is 2. The van der Waals surface area contributed by atoms with E-state index in [9.17, 15) is 5.11 Å². The first-order valence-corrected chi connectivity index (χ1v) is 8.49. The van der Waals surface area contributed by atoms with Gasteiger partial charge in [0.15, 0.2) is 0 Å². The van der Waals surface area contributed by atoms with E-state index in [0.717, 1.165) is 19.0 Å². The Morgan fingerprint density at radius 2 is 2.00 bits per heavy atom. The number of nitrogens with one attached hydrogen (secondary N) is 1. The lowest BCUT2D eigenvalue weighted by Crippen LogP contribution is -2.49. The molecule has 1 atom stereocenters. The summed E-state index contributed by atoms with van der Waals surface area (Å²) in [5.41, 5.74) is 0. The van der Waals surface area contributed by atoms with E-state index in [0.29, 0.717) is 18.7 Å². The van der Waals surface area contributed by atoms with Crippen molar-refractivity contribution in [3.63, 3.8) is 0 Å². The van der Waals surface area contributed by atoms with Crippen molar-refractivity contribution in [3.8, 4) is 0 Å². The van der Waals surface area contributed by atoms with Crippen molar-refractivity contribution in [2.45, 2.75) is 51.6 Å². The minimum atomic E-state index is 0.291. The SMILES string of the molecule is CC(C)CN1CCC(N(CCO)CC2CCCN2)CC1. The van der Waals surface area contributed by atoms with Gasteiger partial charge in [-0.05, 0) is 51.2 Å². The van der Waals surface area contributed by atoms with Gasteiger partial charge in [0, 0.05) is 31.7 Å². The van der Waals surface area contributed by atoms with Crippen LogP contribution in [0.4, 0.5) is 0 Å². The zero-order valence-corrected chi connectivity index (χ0v) is 13.4. The fourth-order valence-electron chi connectivity index (χ4n) is 3.73. The molecule has 0 aromatic heterocycles. The highest BCUT2D eigenvalue weighted by molar-refractivity contribution is 4.85. The Morgan fingerprint density at radius 3 is 2.55 bits per heavy atom. The van der Waals surface area contributed by atoms with Crippen molar-refractivity contribution in [3.05, 3.63) is 0 Å². The molecule has 2 heterocycles. The summed E-state index contributed by atoms with van der Waals surface area (Å²) in [6.07, 6.45) is 5.14. The van der Waals surface area contributed by atoms with Crippen LogP contribution in [0.25, 0.3) is 0 Å². The van der Waals surface area contributed by atoms with E-state index >= 15 is 0 Å². The Hall–Kier alpha value is -0.160.